The van der Waals surface area contributed by atoms with Crippen molar-refractivity contribution >= 4 is 14.1 Å². The molecule has 0 N–H and O–H groups in total. The third kappa shape index (κ3) is 4.44. The summed E-state index contributed by atoms with van der Waals surface area (Å²) in [5.41, 5.74) is 0.695. The number of benzene rings is 1. The van der Waals surface area contributed by atoms with Gasteiger partial charge in [0, 0.05) is 11.6 Å². The molecule has 0 saturated heterocycles. The lowest BCUT2D eigenvalue weighted by Gasteiger charge is -2.19. The van der Waals surface area contributed by atoms with Gasteiger partial charge in [-0.25, -0.2) is 0 Å². The van der Waals surface area contributed by atoms with Crippen LogP contribution in [-0.2, 0) is 4.43 Å². The molecule has 86 valence electrons. The maximum Gasteiger partial charge on any atom is 0.241 e. The minimum atomic E-state index is -1.61. The standard InChI is InChI=1S/C13H18O2Si/c1-11(15-16(2,3)4)10-13(14)12-8-6-5-7-9-12/h5-10H,1-4H3/b11-10+. The third-order valence-electron chi connectivity index (χ3n) is 1.86. The Labute approximate surface area is 98.1 Å². The van der Waals surface area contributed by atoms with Gasteiger partial charge in [0.2, 0.25) is 8.32 Å². The quantitative estimate of drug-likeness (QED) is 0.344. The van der Waals surface area contributed by atoms with Crippen LogP contribution in [0.2, 0.25) is 19.6 Å². The van der Waals surface area contributed by atoms with E-state index in [1.54, 1.807) is 18.2 Å². The van der Waals surface area contributed by atoms with Crippen molar-refractivity contribution < 1.29 is 9.22 Å². The van der Waals surface area contributed by atoms with Crippen molar-refractivity contribution in [2.45, 2.75) is 26.6 Å². The van der Waals surface area contributed by atoms with Crippen molar-refractivity contribution in [1.82, 2.24) is 0 Å². The van der Waals surface area contributed by atoms with Crippen LogP contribution in [0.5, 0.6) is 0 Å². The Morgan fingerprint density at radius 2 is 1.75 bits per heavy atom. The van der Waals surface area contributed by atoms with Crippen LogP contribution < -0.4 is 0 Å². The van der Waals surface area contributed by atoms with Crippen molar-refractivity contribution in [3.8, 4) is 0 Å². The summed E-state index contributed by atoms with van der Waals surface area (Å²) in [5.74, 6) is 0.698. The van der Waals surface area contributed by atoms with E-state index in [1.165, 1.54) is 0 Å². The van der Waals surface area contributed by atoms with Crippen molar-refractivity contribution in [3.05, 3.63) is 47.7 Å². The Morgan fingerprint density at radius 1 is 1.19 bits per heavy atom. The first-order valence-electron chi connectivity index (χ1n) is 5.35. The van der Waals surface area contributed by atoms with Gasteiger partial charge in [-0.3, -0.25) is 4.79 Å². The molecule has 0 radical (unpaired) electrons. The van der Waals surface area contributed by atoms with E-state index in [4.69, 9.17) is 4.43 Å². The zero-order chi connectivity index (χ0) is 12.2. The van der Waals surface area contributed by atoms with E-state index >= 15 is 0 Å². The van der Waals surface area contributed by atoms with Gasteiger partial charge in [0.1, 0.15) is 0 Å². The summed E-state index contributed by atoms with van der Waals surface area (Å²) in [6.07, 6.45) is 1.56. The topological polar surface area (TPSA) is 26.3 Å². The molecule has 2 nitrogen and oxygen atoms in total. The first kappa shape index (κ1) is 12.7. The van der Waals surface area contributed by atoms with E-state index in [0.717, 1.165) is 0 Å². The number of carbonyl (C=O) groups is 1. The van der Waals surface area contributed by atoms with Crippen molar-refractivity contribution in [1.29, 1.82) is 0 Å². The van der Waals surface area contributed by atoms with Crippen LogP contribution in [0.25, 0.3) is 0 Å². The highest BCUT2D eigenvalue weighted by Gasteiger charge is 2.16. The molecule has 0 fully saturated rings. The van der Waals surface area contributed by atoms with Crippen LogP contribution in [0.3, 0.4) is 0 Å². The molecular formula is C13H18O2Si. The fourth-order valence-electron chi connectivity index (χ4n) is 1.38. The van der Waals surface area contributed by atoms with Crippen molar-refractivity contribution in [3.63, 3.8) is 0 Å². The maximum atomic E-state index is 11.8. The van der Waals surface area contributed by atoms with Crippen LogP contribution in [0, 0.1) is 0 Å². The minimum Gasteiger partial charge on any atom is -0.547 e. The Kier molecular flexibility index (Phi) is 4.07. The van der Waals surface area contributed by atoms with E-state index in [-0.39, 0.29) is 5.78 Å². The lowest BCUT2D eigenvalue weighted by Crippen LogP contribution is -2.24. The Hall–Kier alpha value is -1.35. The summed E-state index contributed by atoms with van der Waals surface area (Å²) < 4.78 is 5.71. The number of ketones is 1. The number of rotatable bonds is 4. The van der Waals surface area contributed by atoms with Gasteiger partial charge in [-0.2, -0.15) is 0 Å². The van der Waals surface area contributed by atoms with E-state index in [1.807, 2.05) is 25.1 Å². The van der Waals surface area contributed by atoms with E-state index in [0.29, 0.717) is 11.3 Å². The largest absolute Gasteiger partial charge is 0.547 e. The second-order valence-electron chi connectivity index (χ2n) is 4.70. The zero-order valence-electron chi connectivity index (χ0n) is 10.3. The van der Waals surface area contributed by atoms with Crippen LogP contribution >= 0.6 is 0 Å². The second-order valence-corrected chi connectivity index (χ2v) is 9.13. The predicted molar refractivity (Wildman–Crippen MR) is 69.0 cm³/mol. The van der Waals surface area contributed by atoms with Gasteiger partial charge in [-0.1, -0.05) is 30.3 Å². The SMILES string of the molecule is C/C(=C\C(=O)c1ccccc1)O[Si](C)(C)C. The summed E-state index contributed by atoms with van der Waals surface area (Å²) in [6, 6.07) is 9.22. The lowest BCUT2D eigenvalue weighted by molar-refractivity contribution is 0.104. The zero-order valence-corrected chi connectivity index (χ0v) is 11.3. The third-order valence-corrected chi connectivity index (χ3v) is 2.79. The molecule has 0 heterocycles. The first-order valence-corrected chi connectivity index (χ1v) is 8.76. The van der Waals surface area contributed by atoms with Crippen LogP contribution in [-0.4, -0.2) is 14.1 Å². The highest BCUT2D eigenvalue weighted by molar-refractivity contribution is 6.70. The lowest BCUT2D eigenvalue weighted by atomic mass is 10.1. The molecule has 3 heteroatoms. The summed E-state index contributed by atoms with van der Waals surface area (Å²) >= 11 is 0. The van der Waals surface area contributed by atoms with Crippen LogP contribution in [0.15, 0.2) is 42.2 Å². The molecule has 0 bridgehead atoms. The van der Waals surface area contributed by atoms with Crippen molar-refractivity contribution in [2.24, 2.45) is 0 Å². The summed E-state index contributed by atoms with van der Waals surface area (Å²) in [7, 11) is -1.61. The monoisotopic (exact) mass is 234 g/mol. The number of allylic oxidation sites excluding steroid dienone is 2. The molecule has 0 unspecified atom stereocenters. The Morgan fingerprint density at radius 3 is 2.25 bits per heavy atom. The minimum absolute atomic E-state index is 0.00338. The predicted octanol–water partition coefficient (Wildman–Crippen LogP) is 3.62. The fourth-order valence-corrected chi connectivity index (χ4v) is 2.41. The second kappa shape index (κ2) is 5.12. The highest BCUT2D eigenvalue weighted by Crippen LogP contribution is 2.11. The molecular weight excluding hydrogens is 216 g/mol. The summed E-state index contributed by atoms with van der Waals surface area (Å²) in [6.45, 7) is 8.12. The fraction of sp³-hybridized carbons (Fsp3) is 0.308. The molecule has 0 saturated carbocycles. The molecule has 0 spiro atoms. The number of hydrogen-bond donors (Lipinski definition) is 0. The van der Waals surface area contributed by atoms with Crippen molar-refractivity contribution in [2.75, 3.05) is 0 Å². The van der Waals surface area contributed by atoms with Crippen LogP contribution in [0.1, 0.15) is 17.3 Å². The smallest absolute Gasteiger partial charge is 0.241 e. The van der Waals surface area contributed by atoms with Gasteiger partial charge < -0.3 is 4.43 Å². The molecule has 0 aromatic heterocycles. The maximum absolute atomic E-state index is 11.8. The van der Waals surface area contributed by atoms with E-state index in [9.17, 15) is 4.79 Å². The molecule has 0 aliphatic heterocycles. The molecule has 16 heavy (non-hydrogen) atoms. The normalized spacial score (nSPS) is 12.4. The van der Waals surface area contributed by atoms with Gasteiger partial charge >= 0.3 is 0 Å². The molecule has 0 atom stereocenters. The molecule has 1 rings (SSSR count). The van der Waals surface area contributed by atoms with E-state index in [2.05, 4.69) is 19.6 Å². The van der Waals surface area contributed by atoms with Gasteiger partial charge in [0.15, 0.2) is 5.78 Å². The summed E-state index contributed by atoms with van der Waals surface area (Å²) in [4.78, 5) is 11.8. The average molecular weight is 234 g/mol. The number of hydrogen-bond acceptors (Lipinski definition) is 2. The van der Waals surface area contributed by atoms with Gasteiger partial charge in [-0.05, 0) is 26.6 Å². The Balaban J connectivity index is 2.74. The van der Waals surface area contributed by atoms with Crippen LogP contribution in [0.4, 0.5) is 0 Å². The Bertz CT molecular complexity index is 388. The van der Waals surface area contributed by atoms with Gasteiger partial charge in [0.25, 0.3) is 0 Å². The van der Waals surface area contributed by atoms with Gasteiger partial charge in [-0.15, -0.1) is 0 Å². The highest BCUT2D eigenvalue weighted by atomic mass is 28.4. The molecule has 1 aromatic rings. The van der Waals surface area contributed by atoms with Gasteiger partial charge in [0.05, 0.1) is 5.76 Å². The summed E-state index contributed by atoms with van der Waals surface area (Å²) in [5, 5.41) is 0. The average Bonchev–Trinajstić information content (AvgIpc) is 2.16. The molecule has 0 aliphatic carbocycles. The molecule has 1 aromatic carbocycles. The first-order chi connectivity index (χ1) is 7.38. The van der Waals surface area contributed by atoms with E-state index < -0.39 is 8.32 Å². The molecule has 0 amide bonds. The number of carbonyl (C=O) groups excluding carboxylic acids is 1. The molecule has 0 aliphatic rings.